The summed E-state index contributed by atoms with van der Waals surface area (Å²) >= 11 is 0. The first-order valence-corrected chi connectivity index (χ1v) is 9.44. The Morgan fingerprint density at radius 1 is 1.15 bits per heavy atom. The number of hydrogen-bond donors (Lipinski definition) is 0. The second-order valence-corrected chi connectivity index (χ2v) is 7.95. The molecule has 3 rings (SSSR count). The van der Waals surface area contributed by atoms with E-state index in [-0.39, 0.29) is 12.0 Å². The van der Waals surface area contributed by atoms with Crippen molar-refractivity contribution >= 4 is 17.6 Å². The summed E-state index contributed by atoms with van der Waals surface area (Å²) in [5, 5.41) is 0. The van der Waals surface area contributed by atoms with Crippen LogP contribution in [-0.4, -0.2) is 63.0 Å². The van der Waals surface area contributed by atoms with Gasteiger partial charge in [0.15, 0.2) is 0 Å². The molecule has 1 aliphatic rings. The van der Waals surface area contributed by atoms with Crippen molar-refractivity contribution in [3.8, 4) is 0 Å². The fraction of sp³-hybridized carbons (Fsp3) is 0.550. The van der Waals surface area contributed by atoms with Gasteiger partial charge in [0.1, 0.15) is 16.9 Å². The Morgan fingerprint density at radius 2 is 1.78 bits per heavy atom. The number of aromatic nitrogens is 2. The third-order valence-electron chi connectivity index (χ3n) is 4.61. The first kappa shape index (κ1) is 19.2. The number of carbonyl (C=O) groups excluding carboxylic acids is 2. The highest BCUT2D eigenvalue weighted by Gasteiger charge is 2.30. The fourth-order valence-electron chi connectivity index (χ4n) is 3.24. The van der Waals surface area contributed by atoms with Gasteiger partial charge in [0.25, 0.3) is 5.91 Å². The van der Waals surface area contributed by atoms with Gasteiger partial charge in [0.2, 0.25) is 0 Å². The second-order valence-electron chi connectivity index (χ2n) is 7.95. The lowest BCUT2D eigenvalue weighted by molar-refractivity contribution is 0.0140. The number of imidazole rings is 1. The molecule has 7 nitrogen and oxygen atoms in total. The average molecular weight is 372 g/mol. The van der Waals surface area contributed by atoms with Crippen molar-refractivity contribution in [3.05, 3.63) is 35.3 Å². The molecule has 3 heterocycles. The molecule has 0 bridgehead atoms. The number of aryl methyl sites for hydroxylation is 2. The smallest absolute Gasteiger partial charge is 0.410 e. The van der Waals surface area contributed by atoms with Crippen LogP contribution in [0.3, 0.4) is 0 Å². The molecular formula is C20H28N4O3. The molecular weight excluding hydrogens is 344 g/mol. The maximum Gasteiger partial charge on any atom is 0.410 e. The first-order valence-electron chi connectivity index (χ1n) is 9.44. The summed E-state index contributed by atoms with van der Waals surface area (Å²) in [4.78, 5) is 33.5. The summed E-state index contributed by atoms with van der Waals surface area (Å²) < 4.78 is 7.29. The Balaban J connectivity index is 1.75. The highest BCUT2D eigenvalue weighted by Crippen LogP contribution is 2.19. The Hall–Kier alpha value is -2.57. The quantitative estimate of drug-likeness (QED) is 0.813. The largest absolute Gasteiger partial charge is 0.444 e. The molecule has 0 saturated carbocycles. The van der Waals surface area contributed by atoms with Crippen LogP contribution in [0.1, 0.15) is 49.4 Å². The molecule has 7 heteroatoms. The number of nitrogens with zero attached hydrogens (tertiary/aromatic N) is 4. The number of fused-ring (bicyclic) bond motifs is 1. The van der Waals surface area contributed by atoms with Gasteiger partial charge in [-0.1, -0.05) is 6.92 Å². The van der Waals surface area contributed by atoms with E-state index in [1.54, 1.807) is 9.80 Å². The van der Waals surface area contributed by atoms with Crippen molar-refractivity contribution in [2.75, 3.05) is 26.2 Å². The molecule has 0 unspecified atom stereocenters. The number of amides is 2. The lowest BCUT2D eigenvalue weighted by Crippen LogP contribution is -2.51. The monoisotopic (exact) mass is 372 g/mol. The minimum absolute atomic E-state index is 0.0351. The molecule has 2 aromatic rings. The molecule has 146 valence electrons. The topological polar surface area (TPSA) is 67.2 Å². The van der Waals surface area contributed by atoms with Gasteiger partial charge in [0, 0.05) is 32.4 Å². The van der Waals surface area contributed by atoms with Gasteiger partial charge in [0.05, 0.1) is 5.69 Å². The lowest BCUT2D eigenvalue weighted by atomic mass is 10.2. The van der Waals surface area contributed by atoms with E-state index in [0.29, 0.717) is 38.3 Å². The van der Waals surface area contributed by atoms with E-state index in [0.717, 1.165) is 16.9 Å². The SMILES string of the molecule is CCc1nc2cc(C)ccn2c1C(=O)N1CCN(C(=O)OC(C)(C)C)CC1. The van der Waals surface area contributed by atoms with E-state index in [2.05, 4.69) is 4.98 Å². The Labute approximate surface area is 159 Å². The van der Waals surface area contributed by atoms with Crippen LogP contribution in [0.25, 0.3) is 5.65 Å². The highest BCUT2D eigenvalue weighted by atomic mass is 16.6. The van der Waals surface area contributed by atoms with E-state index >= 15 is 0 Å². The average Bonchev–Trinajstić information content (AvgIpc) is 2.97. The maximum absolute atomic E-state index is 13.2. The summed E-state index contributed by atoms with van der Waals surface area (Å²) in [7, 11) is 0. The third-order valence-corrected chi connectivity index (χ3v) is 4.61. The molecule has 2 amide bonds. The van der Waals surface area contributed by atoms with Crippen LogP contribution in [0.2, 0.25) is 0 Å². The van der Waals surface area contributed by atoms with Gasteiger partial charge in [-0.05, 0) is 51.8 Å². The van der Waals surface area contributed by atoms with E-state index in [1.807, 2.05) is 57.3 Å². The van der Waals surface area contributed by atoms with Crippen LogP contribution in [0.5, 0.6) is 0 Å². The Kier molecular flexibility index (Phi) is 5.13. The van der Waals surface area contributed by atoms with Crippen molar-refractivity contribution in [1.29, 1.82) is 0 Å². The molecule has 0 aromatic carbocycles. The maximum atomic E-state index is 13.2. The molecule has 1 aliphatic heterocycles. The number of rotatable bonds is 2. The minimum Gasteiger partial charge on any atom is -0.444 e. The zero-order valence-electron chi connectivity index (χ0n) is 16.8. The number of carbonyl (C=O) groups is 2. The summed E-state index contributed by atoms with van der Waals surface area (Å²) in [6.45, 7) is 11.5. The van der Waals surface area contributed by atoms with Crippen molar-refractivity contribution in [2.24, 2.45) is 0 Å². The van der Waals surface area contributed by atoms with Crippen molar-refractivity contribution < 1.29 is 14.3 Å². The first-order chi connectivity index (χ1) is 12.7. The van der Waals surface area contributed by atoms with Gasteiger partial charge < -0.3 is 14.5 Å². The molecule has 0 spiro atoms. The highest BCUT2D eigenvalue weighted by molar-refractivity contribution is 5.95. The predicted octanol–water partition coefficient (Wildman–Crippen LogP) is 2.90. The van der Waals surface area contributed by atoms with E-state index in [4.69, 9.17) is 4.74 Å². The summed E-state index contributed by atoms with van der Waals surface area (Å²) in [6, 6.07) is 3.96. The zero-order valence-corrected chi connectivity index (χ0v) is 16.8. The standard InChI is InChI=1S/C20H28N4O3/c1-6-15-17(24-8-7-14(2)13-16(24)21-15)18(25)22-9-11-23(12-10-22)19(26)27-20(3,4)5/h7-8,13H,6,9-12H2,1-5H3. The molecule has 1 fully saturated rings. The molecule has 0 atom stereocenters. The van der Waals surface area contributed by atoms with Crippen molar-refractivity contribution in [3.63, 3.8) is 0 Å². The van der Waals surface area contributed by atoms with Crippen molar-refractivity contribution in [2.45, 2.75) is 46.6 Å². The van der Waals surface area contributed by atoms with Gasteiger partial charge >= 0.3 is 6.09 Å². The summed E-state index contributed by atoms with van der Waals surface area (Å²) in [5.74, 6) is -0.0351. The Bertz CT molecular complexity index is 858. The fourth-order valence-corrected chi connectivity index (χ4v) is 3.24. The zero-order chi connectivity index (χ0) is 19.8. The minimum atomic E-state index is -0.519. The third kappa shape index (κ3) is 4.07. The van der Waals surface area contributed by atoms with Crippen LogP contribution in [0, 0.1) is 6.92 Å². The molecule has 2 aromatic heterocycles. The number of ether oxygens (including phenoxy) is 1. The van der Waals surface area contributed by atoms with E-state index in [1.165, 1.54) is 0 Å². The summed E-state index contributed by atoms with van der Waals surface area (Å²) in [5.41, 5.74) is 2.82. The van der Waals surface area contributed by atoms with Crippen LogP contribution >= 0.6 is 0 Å². The number of pyridine rings is 1. The van der Waals surface area contributed by atoms with Crippen molar-refractivity contribution in [1.82, 2.24) is 19.2 Å². The van der Waals surface area contributed by atoms with Crippen LogP contribution in [-0.2, 0) is 11.2 Å². The van der Waals surface area contributed by atoms with E-state index < -0.39 is 5.60 Å². The van der Waals surface area contributed by atoms with Crippen LogP contribution in [0.15, 0.2) is 18.3 Å². The molecule has 0 aliphatic carbocycles. The molecule has 0 N–H and O–H groups in total. The number of piperazine rings is 1. The molecule has 27 heavy (non-hydrogen) atoms. The van der Waals surface area contributed by atoms with Gasteiger partial charge in [-0.15, -0.1) is 0 Å². The van der Waals surface area contributed by atoms with Gasteiger partial charge in [-0.2, -0.15) is 0 Å². The molecule has 1 saturated heterocycles. The Morgan fingerprint density at radius 3 is 2.37 bits per heavy atom. The predicted molar refractivity (Wildman–Crippen MR) is 103 cm³/mol. The van der Waals surface area contributed by atoms with Gasteiger partial charge in [-0.25, -0.2) is 9.78 Å². The molecule has 0 radical (unpaired) electrons. The lowest BCUT2D eigenvalue weighted by Gasteiger charge is -2.35. The van der Waals surface area contributed by atoms with E-state index in [9.17, 15) is 9.59 Å². The summed E-state index contributed by atoms with van der Waals surface area (Å²) in [6.07, 6.45) is 2.27. The van der Waals surface area contributed by atoms with Crippen LogP contribution in [0.4, 0.5) is 4.79 Å². The number of hydrogen-bond acceptors (Lipinski definition) is 4. The second kappa shape index (κ2) is 7.21. The van der Waals surface area contributed by atoms with Crippen LogP contribution < -0.4 is 0 Å². The normalized spacial score (nSPS) is 15.3. The van der Waals surface area contributed by atoms with Gasteiger partial charge in [-0.3, -0.25) is 9.20 Å².